The molecule has 0 heterocycles. The van der Waals surface area contributed by atoms with E-state index in [-0.39, 0.29) is 12.1 Å². The molecule has 3 N–H and O–H groups in total. The van der Waals surface area contributed by atoms with Crippen LogP contribution in [-0.2, 0) is 4.74 Å². The second kappa shape index (κ2) is 8.66. The summed E-state index contributed by atoms with van der Waals surface area (Å²) in [7, 11) is 0. The molecule has 1 aliphatic rings. The normalized spacial score (nSPS) is 16.8. The third-order valence-corrected chi connectivity index (χ3v) is 2.99. The maximum absolute atomic E-state index is 11.5. The Morgan fingerprint density at radius 3 is 2.50 bits per heavy atom. The Hall–Kier alpha value is -1.46. The molecule has 1 unspecified atom stereocenters. The quantitative estimate of drug-likeness (QED) is 0.489. The average molecular weight is 284 g/mol. The van der Waals surface area contributed by atoms with Crippen LogP contribution in [0.1, 0.15) is 40.5 Å². The zero-order valence-corrected chi connectivity index (χ0v) is 13.0. The summed E-state index contributed by atoms with van der Waals surface area (Å²) in [4.78, 5) is 16.1. The minimum atomic E-state index is -0.346. The molecule has 1 fully saturated rings. The summed E-state index contributed by atoms with van der Waals surface area (Å²) in [6.45, 7) is 9.77. The Bertz CT molecular complexity index is 327. The van der Waals surface area contributed by atoms with Crippen LogP contribution in [0.4, 0.5) is 4.79 Å². The predicted octanol–water partition coefficient (Wildman–Crippen LogP) is 1.47. The number of hydrogen-bond acceptors (Lipinski definition) is 3. The fourth-order valence-corrected chi connectivity index (χ4v) is 1.92. The van der Waals surface area contributed by atoms with Gasteiger partial charge in [0, 0.05) is 12.6 Å². The van der Waals surface area contributed by atoms with Gasteiger partial charge in [0.1, 0.15) is 0 Å². The first-order chi connectivity index (χ1) is 9.56. The highest BCUT2D eigenvalue weighted by molar-refractivity contribution is 5.80. The molecule has 0 saturated heterocycles. The second-order valence-electron chi connectivity index (χ2n) is 5.33. The number of carbonyl (C=O) groups excluding carboxylic acids is 1. The van der Waals surface area contributed by atoms with E-state index in [2.05, 4.69) is 34.8 Å². The molecule has 0 bridgehead atoms. The number of amides is 1. The van der Waals surface area contributed by atoms with Crippen LogP contribution in [0.25, 0.3) is 0 Å². The number of ether oxygens (including phenoxy) is 1. The Morgan fingerprint density at radius 1 is 1.30 bits per heavy atom. The number of nitrogens with zero attached hydrogens (tertiary/aromatic N) is 1. The molecule has 1 amide bonds. The summed E-state index contributed by atoms with van der Waals surface area (Å²) in [6, 6.07) is 0.391. The molecule has 0 aromatic carbocycles. The minimum absolute atomic E-state index is 0.0664. The molecule has 0 aliphatic heterocycles. The second-order valence-corrected chi connectivity index (χ2v) is 5.33. The van der Waals surface area contributed by atoms with Gasteiger partial charge < -0.3 is 20.7 Å². The first-order valence-electron chi connectivity index (χ1n) is 7.54. The van der Waals surface area contributed by atoms with E-state index >= 15 is 0 Å². The molecule has 0 radical (unpaired) electrons. The first-order valence-corrected chi connectivity index (χ1v) is 7.54. The Balaban J connectivity index is 2.52. The van der Waals surface area contributed by atoms with Crippen molar-refractivity contribution >= 4 is 12.1 Å². The van der Waals surface area contributed by atoms with Gasteiger partial charge in [-0.05, 0) is 46.5 Å². The van der Waals surface area contributed by atoms with Gasteiger partial charge in [-0.2, -0.15) is 0 Å². The molecule has 20 heavy (non-hydrogen) atoms. The third kappa shape index (κ3) is 6.63. The number of nitrogens with one attached hydrogen (secondary N) is 3. The number of guanidine groups is 1. The van der Waals surface area contributed by atoms with Gasteiger partial charge in [-0.25, -0.2) is 4.79 Å². The van der Waals surface area contributed by atoms with Crippen LogP contribution in [-0.4, -0.2) is 43.8 Å². The maximum atomic E-state index is 11.5. The average Bonchev–Trinajstić information content (AvgIpc) is 3.18. The van der Waals surface area contributed by atoms with E-state index < -0.39 is 0 Å². The Morgan fingerprint density at radius 2 is 2.00 bits per heavy atom. The topological polar surface area (TPSA) is 74.8 Å². The molecule has 116 valence electrons. The van der Waals surface area contributed by atoms with Crippen molar-refractivity contribution in [1.82, 2.24) is 16.0 Å². The summed E-state index contributed by atoms with van der Waals surface area (Å²) in [5, 5.41) is 9.38. The van der Waals surface area contributed by atoms with Gasteiger partial charge in [-0.15, -0.1) is 0 Å². The van der Waals surface area contributed by atoms with Crippen molar-refractivity contribution in [2.24, 2.45) is 10.9 Å². The van der Waals surface area contributed by atoms with Gasteiger partial charge in [0.2, 0.25) is 0 Å². The van der Waals surface area contributed by atoms with Crippen LogP contribution in [0.5, 0.6) is 0 Å². The maximum Gasteiger partial charge on any atom is 0.407 e. The summed E-state index contributed by atoms with van der Waals surface area (Å²) >= 11 is 0. The molecular formula is C14H28N4O2. The zero-order chi connectivity index (χ0) is 15.0. The highest BCUT2D eigenvalue weighted by atomic mass is 16.5. The van der Waals surface area contributed by atoms with Gasteiger partial charge in [0.15, 0.2) is 5.96 Å². The molecule has 6 heteroatoms. The minimum Gasteiger partial charge on any atom is -0.450 e. The van der Waals surface area contributed by atoms with Gasteiger partial charge >= 0.3 is 6.09 Å². The van der Waals surface area contributed by atoms with Crippen LogP contribution in [0.3, 0.4) is 0 Å². The van der Waals surface area contributed by atoms with E-state index in [1.165, 1.54) is 0 Å². The summed E-state index contributed by atoms with van der Waals surface area (Å²) in [5.41, 5.74) is 0. The Kier molecular flexibility index (Phi) is 7.18. The molecule has 0 spiro atoms. The number of carbonyl (C=O) groups is 1. The zero-order valence-electron chi connectivity index (χ0n) is 13.0. The van der Waals surface area contributed by atoms with Crippen molar-refractivity contribution in [2.45, 2.75) is 52.6 Å². The van der Waals surface area contributed by atoms with Gasteiger partial charge in [0.25, 0.3) is 0 Å². The van der Waals surface area contributed by atoms with Crippen LogP contribution in [0.15, 0.2) is 4.99 Å². The number of rotatable bonds is 7. The van der Waals surface area contributed by atoms with Gasteiger partial charge in [-0.1, -0.05) is 0 Å². The molecule has 1 aliphatic carbocycles. The van der Waals surface area contributed by atoms with Crippen LogP contribution < -0.4 is 16.0 Å². The lowest BCUT2D eigenvalue weighted by Gasteiger charge is -2.18. The largest absolute Gasteiger partial charge is 0.450 e. The highest BCUT2D eigenvalue weighted by Crippen LogP contribution is 2.32. The lowest BCUT2D eigenvalue weighted by molar-refractivity contribution is 0.147. The fourth-order valence-electron chi connectivity index (χ4n) is 1.92. The van der Waals surface area contributed by atoms with Crippen molar-refractivity contribution in [3.05, 3.63) is 0 Å². The van der Waals surface area contributed by atoms with E-state index in [1.807, 2.05) is 6.92 Å². The van der Waals surface area contributed by atoms with Crippen molar-refractivity contribution < 1.29 is 9.53 Å². The number of alkyl carbamates (subject to hydrolysis) is 1. The van der Waals surface area contributed by atoms with E-state index in [1.54, 1.807) is 6.92 Å². The van der Waals surface area contributed by atoms with Crippen molar-refractivity contribution in [3.8, 4) is 0 Å². The fraction of sp³-hybridized carbons (Fsp3) is 0.857. The standard InChI is InChI=1S/C14H28N4O2/c1-5-15-13(17-10(3)4)16-9-12(11-7-8-11)18-14(19)20-6-2/h10-12H,5-9H2,1-4H3,(H,18,19)(H2,15,16,17). The monoisotopic (exact) mass is 284 g/mol. The smallest absolute Gasteiger partial charge is 0.407 e. The molecule has 1 atom stereocenters. The van der Waals surface area contributed by atoms with Gasteiger partial charge in [-0.3, -0.25) is 4.99 Å². The van der Waals surface area contributed by atoms with E-state index in [9.17, 15) is 4.79 Å². The van der Waals surface area contributed by atoms with E-state index in [0.717, 1.165) is 25.3 Å². The van der Waals surface area contributed by atoms with Crippen LogP contribution in [0, 0.1) is 5.92 Å². The van der Waals surface area contributed by atoms with Crippen LogP contribution in [0.2, 0.25) is 0 Å². The van der Waals surface area contributed by atoms with Crippen molar-refractivity contribution in [1.29, 1.82) is 0 Å². The highest BCUT2D eigenvalue weighted by Gasteiger charge is 2.32. The predicted molar refractivity (Wildman–Crippen MR) is 80.9 cm³/mol. The number of aliphatic imine (C=N–C) groups is 1. The van der Waals surface area contributed by atoms with E-state index in [4.69, 9.17) is 4.74 Å². The third-order valence-electron chi connectivity index (χ3n) is 2.99. The molecular weight excluding hydrogens is 256 g/mol. The van der Waals surface area contributed by atoms with Gasteiger partial charge in [0.05, 0.1) is 19.2 Å². The summed E-state index contributed by atoms with van der Waals surface area (Å²) in [6.07, 6.45) is 1.96. The van der Waals surface area contributed by atoms with Crippen LogP contribution >= 0.6 is 0 Å². The van der Waals surface area contributed by atoms with Crippen molar-refractivity contribution in [3.63, 3.8) is 0 Å². The molecule has 1 saturated carbocycles. The Labute approximate surface area is 121 Å². The molecule has 0 aromatic heterocycles. The molecule has 1 rings (SSSR count). The lowest BCUT2D eigenvalue weighted by Crippen LogP contribution is -2.43. The SMILES string of the molecule is CCNC(=NCC(NC(=O)OCC)C1CC1)NC(C)C. The lowest BCUT2D eigenvalue weighted by atomic mass is 10.2. The van der Waals surface area contributed by atoms with E-state index in [0.29, 0.717) is 25.1 Å². The molecule has 0 aromatic rings. The van der Waals surface area contributed by atoms with Crippen molar-refractivity contribution in [2.75, 3.05) is 19.7 Å². The summed E-state index contributed by atoms with van der Waals surface area (Å²) in [5.74, 6) is 1.32. The molecule has 6 nitrogen and oxygen atoms in total. The first kappa shape index (κ1) is 16.6. The summed E-state index contributed by atoms with van der Waals surface area (Å²) < 4.78 is 4.94. The number of hydrogen-bond donors (Lipinski definition) is 3.